The number of rotatable bonds is 6. The van der Waals surface area contributed by atoms with Gasteiger partial charge in [-0.1, -0.05) is 41.2 Å². The molecule has 2 aromatic heterocycles. The molecule has 0 radical (unpaired) electrons. The van der Waals surface area contributed by atoms with Gasteiger partial charge >= 0.3 is 0 Å². The van der Waals surface area contributed by atoms with Gasteiger partial charge in [-0.15, -0.1) is 10.2 Å². The van der Waals surface area contributed by atoms with E-state index in [1.165, 1.54) is 16.8 Å². The second-order valence-corrected chi connectivity index (χ2v) is 7.36. The Morgan fingerprint density at radius 3 is 2.62 bits per heavy atom. The molecule has 1 aliphatic rings. The molecule has 6 nitrogen and oxygen atoms in total. The number of aryl methyl sites for hydroxylation is 1. The molecule has 4 rings (SSSR count). The van der Waals surface area contributed by atoms with E-state index in [1.54, 1.807) is 11.3 Å². The Hall–Kier alpha value is -2.22. The zero-order valence-corrected chi connectivity index (χ0v) is 15.7. The van der Waals surface area contributed by atoms with Crippen LogP contribution in [-0.4, -0.2) is 41.1 Å². The highest BCUT2D eigenvalue weighted by atomic mass is 32.1. The predicted molar refractivity (Wildman–Crippen MR) is 104 cm³/mol. The van der Waals surface area contributed by atoms with Crippen molar-refractivity contribution in [3.05, 3.63) is 59.4 Å². The number of aromatic nitrogens is 3. The number of ether oxygens (including phenoxy) is 1. The predicted octanol–water partition coefficient (Wildman–Crippen LogP) is 2.76. The van der Waals surface area contributed by atoms with Gasteiger partial charge in [0.05, 0.1) is 13.2 Å². The van der Waals surface area contributed by atoms with Gasteiger partial charge < -0.3 is 15.0 Å². The summed E-state index contributed by atoms with van der Waals surface area (Å²) >= 11 is 1.63. The number of nitrogens with one attached hydrogen (secondary N) is 1. The van der Waals surface area contributed by atoms with Crippen LogP contribution in [0.25, 0.3) is 5.13 Å². The van der Waals surface area contributed by atoms with Crippen molar-refractivity contribution in [2.75, 3.05) is 31.2 Å². The van der Waals surface area contributed by atoms with E-state index in [9.17, 15) is 0 Å². The summed E-state index contributed by atoms with van der Waals surface area (Å²) in [4.78, 5) is 2.24. The summed E-state index contributed by atoms with van der Waals surface area (Å²) in [6, 6.07) is 12.8. The van der Waals surface area contributed by atoms with Gasteiger partial charge in [-0.3, -0.25) is 4.57 Å². The maximum absolute atomic E-state index is 5.41. The summed E-state index contributed by atoms with van der Waals surface area (Å²) in [7, 11) is 0. The Kier molecular flexibility index (Phi) is 5.29. The zero-order chi connectivity index (χ0) is 17.8. The first kappa shape index (κ1) is 17.2. The molecule has 0 unspecified atom stereocenters. The first-order valence-electron chi connectivity index (χ1n) is 8.89. The summed E-state index contributed by atoms with van der Waals surface area (Å²) in [6.45, 7) is 7.01. The molecule has 3 heterocycles. The smallest absolute Gasteiger partial charge is 0.218 e. The van der Waals surface area contributed by atoms with Gasteiger partial charge in [0.1, 0.15) is 0 Å². The Labute approximate surface area is 157 Å². The van der Waals surface area contributed by atoms with Crippen LogP contribution in [0.4, 0.5) is 5.13 Å². The Balaban J connectivity index is 1.40. The standard InChI is InChI=1S/C19H23N5OS/c1-15-4-6-16(7-5-15)13-20-14-17-3-2-8-24(17)19-22-21-18(26-19)23-9-11-25-12-10-23/h2-8,20H,9-14H2,1H3. The van der Waals surface area contributed by atoms with E-state index >= 15 is 0 Å². The monoisotopic (exact) mass is 369 g/mol. The highest BCUT2D eigenvalue weighted by Gasteiger charge is 2.17. The second-order valence-electron chi connectivity index (χ2n) is 6.43. The SMILES string of the molecule is Cc1ccc(CNCc2cccn2-c2nnc(N3CCOCC3)s2)cc1. The van der Waals surface area contributed by atoms with E-state index in [1.807, 2.05) is 6.20 Å². The molecular weight excluding hydrogens is 346 g/mol. The molecular formula is C19H23N5OS. The maximum Gasteiger partial charge on any atom is 0.218 e. The average molecular weight is 369 g/mol. The van der Waals surface area contributed by atoms with Gasteiger partial charge in [0.2, 0.25) is 10.3 Å². The number of hydrogen-bond acceptors (Lipinski definition) is 6. The van der Waals surface area contributed by atoms with E-state index in [0.717, 1.165) is 49.7 Å². The van der Waals surface area contributed by atoms with Crippen LogP contribution in [0.3, 0.4) is 0 Å². The summed E-state index contributed by atoms with van der Waals surface area (Å²) in [6.07, 6.45) is 2.05. The highest BCUT2D eigenvalue weighted by molar-refractivity contribution is 7.17. The van der Waals surface area contributed by atoms with Crippen molar-refractivity contribution in [2.45, 2.75) is 20.0 Å². The molecule has 0 spiro atoms. The van der Waals surface area contributed by atoms with Crippen LogP contribution in [0.2, 0.25) is 0 Å². The van der Waals surface area contributed by atoms with Crippen LogP contribution in [0.5, 0.6) is 0 Å². The van der Waals surface area contributed by atoms with Crippen LogP contribution in [0.1, 0.15) is 16.8 Å². The molecule has 1 fully saturated rings. The largest absolute Gasteiger partial charge is 0.378 e. The molecule has 1 aromatic carbocycles. The van der Waals surface area contributed by atoms with Gasteiger partial charge in [-0.2, -0.15) is 0 Å². The molecule has 0 atom stereocenters. The fourth-order valence-corrected chi connectivity index (χ4v) is 3.89. The summed E-state index contributed by atoms with van der Waals surface area (Å²) in [5.74, 6) is 0. The van der Waals surface area contributed by atoms with Crippen molar-refractivity contribution >= 4 is 16.5 Å². The van der Waals surface area contributed by atoms with Gasteiger partial charge in [-0.05, 0) is 24.6 Å². The van der Waals surface area contributed by atoms with Crippen LogP contribution in [0, 0.1) is 6.92 Å². The zero-order valence-electron chi connectivity index (χ0n) is 14.9. The minimum absolute atomic E-state index is 0.757. The third-order valence-corrected chi connectivity index (χ3v) is 5.46. The minimum Gasteiger partial charge on any atom is -0.378 e. The lowest BCUT2D eigenvalue weighted by Crippen LogP contribution is -2.36. The van der Waals surface area contributed by atoms with Gasteiger partial charge in [0, 0.05) is 38.1 Å². The number of hydrogen-bond donors (Lipinski definition) is 1. The molecule has 0 bridgehead atoms. The lowest BCUT2D eigenvalue weighted by atomic mass is 10.1. The first-order chi connectivity index (χ1) is 12.8. The molecule has 0 amide bonds. The molecule has 136 valence electrons. The van der Waals surface area contributed by atoms with Crippen LogP contribution in [0.15, 0.2) is 42.6 Å². The lowest BCUT2D eigenvalue weighted by molar-refractivity contribution is 0.122. The topological polar surface area (TPSA) is 55.2 Å². The Bertz CT molecular complexity index is 836. The van der Waals surface area contributed by atoms with Crippen LogP contribution in [-0.2, 0) is 17.8 Å². The van der Waals surface area contributed by atoms with Crippen molar-refractivity contribution in [1.82, 2.24) is 20.1 Å². The molecule has 1 aliphatic heterocycles. The van der Waals surface area contributed by atoms with E-state index in [-0.39, 0.29) is 0 Å². The fourth-order valence-electron chi connectivity index (χ4n) is 2.98. The lowest BCUT2D eigenvalue weighted by Gasteiger charge is -2.25. The summed E-state index contributed by atoms with van der Waals surface area (Å²) in [5.41, 5.74) is 3.76. The third-order valence-electron chi connectivity index (χ3n) is 4.48. The fraction of sp³-hybridized carbons (Fsp3) is 0.368. The van der Waals surface area contributed by atoms with Crippen molar-refractivity contribution in [3.8, 4) is 5.13 Å². The van der Waals surface area contributed by atoms with E-state index < -0.39 is 0 Å². The minimum atomic E-state index is 0.757. The number of nitrogens with zero attached hydrogens (tertiary/aromatic N) is 4. The molecule has 3 aromatic rings. The average Bonchev–Trinajstić information content (AvgIpc) is 3.33. The van der Waals surface area contributed by atoms with E-state index in [2.05, 4.69) is 68.3 Å². The van der Waals surface area contributed by atoms with Crippen LogP contribution < -0.4 is 10.2 Å². The molecule has 1 N–H and O–H groups in total. The van der Waals surface area contributed by atoms with Crippen molar-refractivity contribution in [1.29, 1.82) is 0 Å². The molecule has 0 aliphatic carbocycles. The maximum atomic E-state index is 5.41. The molecule has 1 saturated heterocycles. The second kappa shape index (κ2) is 7.99. The molecule has 0 saturated carbocycles. The van der Waals surface area contributed by atoms with Gasteiger partial charge in [0.15, 0.2) is 0 Å². The number of benzene rings is 1. The Morgan fingerprint density at radius 2 is 1.81 bits per heavy atom. The van der Waals surface area contributed by atoms with Gasteiger partial charge in [-0.25, -0.2) is 0 Å². The summed E-state index contributed by atoms with van der Waals surface area (Å²) < 4.78 is 7.52. The quantitative estimate of drug-likeness (QED) is 0.724. The van der Waals surface area contributed by atoms with Crippen molar-refractivity contribution < 1.29 is 4.74 Å². The van der Waals surface area contributed by atoms with Crippen LogP contribution >= 0.6 is 11.3 Å². The highest BCUT2D eigenvalue weighted by Crippen LogP contribution is 2.25. The number of morpholine rings is 1. The van der Waals surface area contributed by atoms with Gasteiger partial charge in [0.25, 0.3) is 0 Å². The Morgan fingerprint density at radius 1 is 1.04 bits per heavy atom. The third kappa shape index (κ3) is 3.95. The molecule has 7 heteroatoms. The van der Waals surface area contributed by atoms with E-state index in [0.29, 0.717) is 0 Å². The van der Waals surface area contributed by atoms with E-state index in [4.69, 9.17) is 4.74 Å². The normalized spacial score (nSPS) is 14.7. The summed E-state index contributed by atoms with van der Waals surface area (Å²) in [5, 5.41) is 14.1. The van der Waals surface area contributed by atoms with Crippen molar-refractivity contribution in [3.63, 3.8) is 0 Å². The number of anilines is 1. The molecule has 26 heavy (non-hydrogen) atoms. The van der Waals surface area contributed by atoms with Crippen molar-refractivity contribution in [2.24, 2.45) is 0 Å². The first-order valence-corrected chi connectivity index (χ1v) is 9.70.